The molecule has 0 saturated carbocycles. The third kappa shape index (κ3) is 3.48. The van der Waals surface area contributed by atoms with Crippen LogP contribution < -0.4 is 10.6 Å². The summed E-state index contributed by atoms with van der Waals surface area (Å²) in [5.41, 5.74) is 2.85. The largest absolute Gasteiger partial charge is 0.354 e. The van der Waals surface area contributed by atoms with Crippen molar-refractivity contribution in [1.29, 1.82) is 0 Å². The predicted molar refractivity (Wildman–Crippen MR) is 93.8 cm³/mol. The fourth-order valence-electron chi connectivity index (χ4n) is 2.29. The number of hydrogen-bond donors (Lipinski definition) is 2. The van der Waals surface area contributed by atoms with Gasteiger partial charge in [0, 0.05) is 41.8 Å². The number of pyridine rings is 1. The van der Waals surface area contributed by atoms with Gasteiger partial charge in [-0.3, -0.25) is 4.98 Å². The first-order chi connectivity index (χ1) is 11.7. The van der Waals surface area contributed by atoms with Crippen LogP contribution in [0.3, 0.4) is 0 Å². The fourth-order valence-corrected chi connectivity index (χ4v) is 2.29. The Morgan fingerprint density at radius 3 is 2.75 bits per heavy atom. The van der Waals surface area contributed by atoms with Crippen molar-refractivity contribution in [1.82, 2.24) is 15.0 Å². The molecule has 0 unspecified atom stereocenters. The number of hydrogen-bond acceptors (Lipinski definition) is 5. The molecule has 0 amide bonds. The van der Waals surface area contributed by atoms with Gasteiger partial charge in [-0.1, -0.05) is 6.07 Å². The number of aromatic nitrogens is 3. The second kappa shape index (κ2) is 7.04. The quantitative estimate of drug-likeness (QED) is 0.738. The van der Waals surface area contributed by atoms with Gasteiger partial charge in [-0.15, -0.1) is 0 Å². The summed E-state index contributed by atoms with van der Waals surface area (Å²) in [7, 11) is 0. The van der Waals surface area contributed by atoms with Gasteiger partial charge >= 0.3 is 0 Å². The molecule has 0 fully saturated rings. The average Bonchev–Trinajstić information content (AvgIpc) is 2.60. The van der Waals surface area contributed by atoms with E-state index < -0.39 is 0 Å². The van der Waals surface area contributed by atoms with Crippen molar-refractivity contribution in [3.8, 4) is 11.3 Å². The summed E-state index contributed by atoms with van der Waals surface area (Å²) in [4.78, 5) is 13.1. The van der Waals surface area contributed by atoms with E-state index in [2.05, 4.69) is 25.6 Å². The summed E-state index contributed by atoms with van der Waals surface area (Å²) in [5, 5.41) is 6.28. The smallest absolute Gasteiger partial charge is 0.225 e. The van der Waals surface area contributed by atoms with E-state index in [1.54, 1.807) is 25.4 Å². The van der Waals surface area contributed by atoms with E-state index in [1.165, 1.54) is 6.07 Å². The minimum absolute atomic E-state index is 0.256. The lowest BCUT2D eigenvalue weighted by Gasteiger charge is -2.12. The van der Waals surface area contributed by atoms with Crippen LogP contribution in [0.25, 0.3) is 11.3 Å². The summed E-state index contributed by atoms with van der Waals surface area (Å²) in [6.45, 7) is 4.41. The monoisotopic (exact) mass is 323 g/mol. The van der Waals surface area contributed by atoms with E-state index in [0.29, 0.717) is 29.6 Å². The molecule has 0 aliphatic rings. The van der Waals surface area contributed by atoms with Crippen LogP contribution in [0.5, 0.6) is 0 Å². The topological polar surface area (TPSA) is 62.7 Å². The Hall–Kier alpha value is -3.02. The number of nitrogens with zero attached hydrogens (tertiary/aromatic N) is 3. The highest BCUT2D eigenvalue weighted by Crippen LogP contribution is 2.25. The van der Waals surface area contributed by atoms with E-state index in [1.807, 2.05) is 31.2 Å². The van der Waals surface area contributed by atoms with Crippen molar-refractivity contribution < 1.29 is 4.39 Å². The molecule has 2 aromatic heterocycles. The Balaban J connectivity index is 2.00. The van der Waals surface area contributed by atoms with Gasteiger partial charge in [0.25, 0.3) is 0 Å². The maximum absolute atomic E-state index is 13.7. The van der Waals surface area contributed by atoms with Gasteiger partial charge in [0.1, 0.15) is 11.6 Å². The first-order valence-electron chi connectivity index (χ1n) is 7.73. The molecule has 0 spiro atoms. The number of benzene rings is 1. The summed E-state index contributed by atoms with van der Waals surface area (Å²) < 4.78 is 13.7. The van der Waals surface area contributed by atoms with Crippen molar-refractivity contribution in [3.05, 3.63) is 60.2 Å². The van der Waals surface area contributed by atoms with Crippen LogP contribution in [0, 0.1) is 12.7 Å². The zero-order chi connectivity index (χ0) is 16.9. The fraction of sp³-hybridized carbons (Fsp3) is 0.167. The molecular formula is C18H18FN5. The normalized spacial score (nSPS) is 10.5. The SMILES string of the molecule is CCNc1nc(Nc2cccc(F)c2C)cc(-c2cccnc2)n1. The lowest BCUT2D eigenvalue weighted by Crippen LogP contribution is -2.06. The molecule has 24 heavy (non-hydrogen) atoms. The molecule has 0 radical (unpaired) electrons. The lowest BCUT2D eigenvalue weighted by atomic mass is 10.2. The molecule has 1 aromatic carbocycles. The van der Waals surface area contributed by atoms with Crippen molar-refractivity contribution >= 4 is 17.5 Å². The van der Waals surface area contributed by atoms with Crippen LogP contribution in [0.2, 0.25) is 0 Å². The Labute approximate surface area is 140 Å². The van der Waals surface area contributed by atoms with Gasteiger partial charge in [0.05, 0.1) is 5.69 Å². The summed E-state index contributed by atoms with van der Waals surface area (Å²) in [5.74, 6) is 0.845. The lowest BCUT2D eigenvalue weighted by molar-refractivity contribution is 0.619. The van der Waals surface area contributed by atoms with E-state index in [4.69, 9.17) is 0 Å². The second-order valence-electron chi connectivity index (χ2n) is 5.27. The van der Waals surface area contributed by atoms with E-state index in [0.717, 1.165) is 11.3 Å². The summed E-state index contributed by atoms with van der Waals surface area (Å²) in [6, 6.07) is 10.5. The van der Waals surface area contributed by atoms with Crippen molar-refractivity contribution in [2.45, 2.75) is 13.8 Å². The molecule has 3 rings (SSSR count). The number of nitrogens with one attached hydrogen (secondary N) is 2. The molecule has 6 heteroatoms. The van der Waals surface area contributed by atoms with Crippen molar-refractivity contribution in [3.63, 3.8) is 0 Å². The predicted octanol–water partition coefficient (Wildman–Crippen LogP) is 4.16. The molecule has 2 N–H and O–H groups in total. The Morgan fingerprint density at radius 2 is 2.00 bits per heavy atom. The molecule has 0 aliphatic carbocycles. The van der Waals surface area contributed by atoms with Crippen LogP contribution in [-0.4, -0.2) is 21.5 Å². The Kier molecular flexibility index (Phi) is 4.65. The summed E-state index contributed by atoms with van der Waals surface area (Å²) >= 11 is 0. The maximum Gasteiger partial charge on any atom is 0.225 e. The van der Waals surface area contributed by atoms with Crippen LogP contribution >= 0.6 is 0 Å². The second-order valence-corrected chi connectivity index (χ2v) is 5.27. The van der Waals surface area contributed by atoms with Gasteiger partial charge in [-0.05, 0) is 38.1 Å². The molecule has 0 aliphatic heterocycles. The van der Waals surface area contributed by atoms with E-state index >= 15 is 0 Å². The standard InChI is InChI=1S/C18H18FN5/c1-3-21-18-23-16(13-6-5-9-20-11-13)10-17(24-18)22-15-8-4-7-14(19)12(15)2/h4-11H,3H2,1-2H3,(H2,21,22,23,24). The van der Waals surface area contributed by atoms with Gasteiger partial charge in [-0.2, -0.15) is 4.98 Å². The average molecular weight is 323 g/mol. The number of anilines is 3. The Morgan fingerprint density at radius 1 is 1.12 bits per heavy atom. The molecule has 2 heterocycles. The van der Waals surface area contributed by atoms with Crippen LogP contribution in [0.1, 0.15) is 12.5 Å². The molecule has 0 saturated heterocycles. The van der Waals surface area contributed by atoms with Gasteiger partial charge < -0.3 is 10.6 Å². The third-order valence-corrected chi connectivity index (χ3v) is 3.55. The van der Waals surface area contributed by atoms with Crippen LogP contribution in [-0.2, 0) is 0 Å². The third-order valence-electron chi connectivity index (χ3n) is 3.55. The Bertz CT molecular complexity index is 836. The maximum atomic E-state index is 13.7. The van der Waals surface area contributed by atoms with Crippen LogP contribution in [0.4, 0.5) is 21.8 Å². The molecule has 0 atom stereocenters. The molecule has 122 valence electrons. The van der Waals surface area contributed by atoms with Crippen molar-refractivity contribution in [2.24, 2.45) is 0 Å². The van der Waals surface area contributed by atoms with Gasteiger partial charge in [-0.25, -0.2) is 9.37 Å². The van der Waals surface area contributed by atoms with Gasteiger partial charge in [0.2, 0.25) is 5.95 Å². The van der Waals surface area contributed by atoms with E-state index in [-0.39, 0.29) is 5.82 Å². The highest BCUT2D eigenvalue weighted by atomic mass is 19.1. The van der Waals surface area contributed by atoms with E-state index in [9.17, 15) is 4.39 Å². The molecule has 3 aromatic rings. The first-order valence-corrected chi connectivity index (χ1v) is 7.73. The van der Waals surface area contributed by atoms with Crippen LogP contribution in [0.15, 0.2) is 48.8 Å². The minimum Gasteiger partial charge on any atom is -0.354 e. The highest BCUT2D eigenvalue weighted by Gasteiger charge is 2.09. The zero-order valence-corrected chi connectivity index (χ0v) is 13.5. The van der Waals surface area contributed by atoms with Crippen molar-refractivity contribution in [2.75, 3.05) is 17.2 Å². The minimum atomic E-state index is -0.256. The zero-order valence-electron chi connectivity index (χ0n) is 13.5. The van der Waals surface area contributed by atoms with Gasteiger partial charge in [0.15, 0.2) is 0 Å². The molecule has 5 nitrogen and oxygen atoms in total. The molecular weight excluding hydrogens is 305 g/mol. The number of halogens is 1. The first kappa shape index (κ1) is 15.9. The highest BCUT2D eigenvalue weighted by molar-refractivity contribution is 5.68. The summed E-state index contributed by atoms with van der Waals surface area (Å²) in [6.07, 6.45) is 3.46. The molecule has 0 bridgehead atoms. The number of rotatable bonds is 5.